The molecule has 4 N–H and O–H groups in total. The van der Waals surface area contributed by atoms with Crippen LogP contribution in [-0.2, 0) is 24.6 Å². The van der Waals surface area contributed by atoms with Crippen LogP contribution in [0.3, 0.4) is 0 Å². The number of aliphatic carboxylic acids is 2. The number of carbonyl (C=O) groups excluding carboxylic acids is 2. The zero-order chi connectivity index (χ0) is 31.9. The molecular weight excluding hydrogens is 548 g/mol. The van der Waals surface area contributed by atoms with Crippen LogP contribution in [-0.4, -0.2) is 39.5 Å². The van der Waals surface area contributed by atoms with Crippen molar-refractivity contribution in [3.05, 3.63) is 66.7 Å². The van der Waals surface area contributed by atoms with Crippen molar-refractivity contribution in [3.8, 4) is 0 Å². The second kappa shape index (κ2) is 13.8. The van der Waals surface area contributed by atoms with E-state index in [0.717, 1.165) is 12.0 Å². The van der Waals surface area contributed by atoms with E-state index in [9.17, 15) is 29.4 Å². The molecule has 2 amide bonds. The number of carbonyl (C=O) groups is 4. The average molecular weight is 591 g/mol. The Bertz CT molecular complexity index is 1370. The summed E-state index contributed by atoms with van der Waals surface area (Å²) >= 11 is 0. The Balaban J connectivity index is 1.75. The third-order valence-electron chi connectivity index (χ3n) is 8.76. The van der Waals surface area contributed by atoms with Crippen molar-refractivity contribution in [1.29, 1.82) is 0 Å². The van der Waals surface area contributed by atoms with E-state index in [1.165, 1.54) is 0 Å². The zero-order valence-electron chi connectivity index (χ0n) is 25.5. The lowest BCUT2D eigenvalue weighted by Crippen LogP contribution is -2.47. The summed E-state index contributed by atoms with van der Waals surface area (Å²) in [7, 11) is 0. The molecular formula is C33H42N4O6. The van der Waals surface area contributed by atoms with E-state index in [1.54, 1.807) is 24.3 Å². The maximum Gasteiger partial charge on any atom is 0.307 e. The van der Waals surface area contributed by atoms with Gasteiger partial charge in [0, 0.05) is 29.0 Å². The van der Waals surface area contributed by atoms with Gasteiger partial charge in [-0.3, -0.25) is 19.2 Å². The molecule has 1 aliphatic rings. The van der Waals surface area contributed by atoms with Crippen LogP contribution in [0, 0.1) is 23.7 Å². The molecule has 2 aromatic rings. The summed E-state index contributed by atoms with van der Waals surface area (Å²) in [5.41, 5.74) is 2.05. The monoisotopic (exact) mass is 590 g/mol. The van der Waals surface area contributed by atoms with Gasteiger partial charge in [0.15, 0.2) is 0 Å². The number of anilines is 1. The van der Waals surface area contributed by atoms with Crippen molar-refractivity contribution < 1.29 is 29.4 Å². The van der Waals surface area contributed by atoms with E-state index >= 15 is 0 Å². The van der Waals surface area contributed by atoms with Crippen LogP contribution in [0.25, 0.3) is 0 Å². The van der Waals surface area contributed by atoms with Gasteiger partial charge in [-0.2, -0.15) is 10.2 Å². The van der Waals surface area contributed by atoms with Crippen molar-refractivity contribution >= 4 is 40.8 Å². The fourth-order valence-electron chi connectivity index (χ4n) is 5.39. The van der Waals surface area contributed by atoms with E-state index in [0.29, 0.717) is 23.5 Å². The van der Waals surface area contributed by atoms with Gasteiger partial charge in [0.1, 0.15) is 0 Å². The van der Waals surface area contributed by atoms with Gasteiger partial charge in [-0.25, -0.2) is 0 Å². The van der Waals surface area contributed by atoms with E-state index in [4.69, 9.17) is 0 Å². The summed E-state index contributed by atoms with van der Waals surface area (Å²) in [4.78, 5) is 50.4. The Labute approximate surface area is 252 Å². The van der Waals surface area contributed by atoms with E-state index in [2.05, 4.69) is 41.3 Å². The fourth-order valence-corrected chi connectivity index (χ4v) is 5.39. The molecule has 43 heavy (non-hydrogen) atoms. The number of azo groups is 1. The van der Waals surface area contributed by atoms with Crippen molar-refractivity contribution in [1.82, 2.24) is 5.32 Å². The van der Waals surface area contributed by atoms with Gasteiger partial charge in [-0.15, -0.1) is 6.58 Å². The van der Waals surface area contributed by atoms with Gasteiger partial charge in [0.05, 0.1) is 23.2 Å². The number of hydrogen-bond acceptors (Lipinski definition) is 6. The molecule has 1 saturated carbocycles. The highest BCUT2D eigenvalue weighted by atomic mass is 16.4. The van der Waals surface area contributed by atoms with Crippen LogP contribution >= 0.6 is 0 Å². The highest BCUT2D eigenvalue weighted by Gasteiger charge is 2.53. The first kappa shape index (κ1) is 33.2. The molecule has 0 heterocycles. The van der Waals surface area contributed by atoms with Crippen LogP contribution in [0.4, 0.5) is 17.1 Å². The average Bonchev–Trinajstić information content (AvgIpc) is 3.35. The minimum absolute atomic E-state index is 0.119. The highest BCUT2D eigenvalue weighted by molar-refractivity contribution is 5.97. The second-order valence-electron chi connectivity index (χ2n) is 12.1. The van der Waals surface area contributed by atoms with E-state index in [-0.39, 0.29) is 11.8 Å². The second-order valence-corrected chi connectivity index (χ2v) is 12.1. The molecule has 0 bridgehead atoms. The maximum atomic E-state index is 13.4. The predicted molar refractivity (Wildman–Crippen MR) is 165 cm³/mol. The van der Waals surface area contributed by atoms with Crippen molar-refractivity contribution in [3.63, 3.8) is 0 Å². The van der Waals surface area contributed by atoms with Gasteiger partial charge in [0.2, 0.25) is 11.8 Å². The molecule has 1 fully saturated rings. The third-order valence-corrected chi connectivity index (χ3v) is 8.76. The van der Waals surface area contributed by atoms with Gasteiger partial charge in [0.25, 0.3) is 0 Å². The van der Waals surface area contributed by atoms with Gasteiger partial charge in [-0.05, 0) is 81.0 Å². The Morgan fingerprint density at radius 3 is 1.91 bits per heavy atom. The summed E-state index contributed by atoms with van der Waals surface area (Å²) in [5.74, 6) is -7.84. The van der Waals surface area contributed by atoms with Gasteiger partial charge >= 0.3 is 11.9 Å². The SMILES string of the molecule is C=CC(C)(CC)c1ccc(N=Nc2ccc(NC(=O)C3C(C(=O)O)CC(C(=O)NC(C)(C)CC)C3CC(=O)O)cc2)cc1. The van der Waals surface area contributed by atoms with Gasteiger partial charge in [-0.1, -0.05) is 39.0 Å². The molecule has 0 aromatic heterocycles. The number of hydrogen-bond donors (Lipinski definition) is 4. The number of amides is 2. The number of rotatable bonds is 13. The van der Waals surface area contributed by atoms with Gasteiger partial charge < -0.3 is 20.8 Å². The first-order valence-electron chi connectivity index (χ1n) is 14.6. The number of benzene rings is 2. The quantitative estimate of drug-likeness (QED) is 0.151. The Morgan fingerprint density at radius 2 is 1.44 bits per heavy atom. The van der Waals surface area contributed by atoms with Crippen LogP contribution in [0.2, 0.25) is 0 Å². The molecule has 5 atom stereocenters. The summed E-state index contributed by atoms with van der Waals surface area (Å²) in [6.07, 6.45) is 2.86. The smallest absolute Gasteiger partial charge is 0.307 e. The first-order valence-corrected chi connectivity index (χ1v) is 14.6. The maximum absolute atomic E-state index is 13.4. The summed E-state index contributed by atoms with van der Waals surface area (Å²) in [5, 5.41) is 33.6. The Morgan fingerprint density at radius 1 is 0.884 bits per heavy atom. The molecule has 0 radical (unpaired) electrons. The molecule has 5 unspecified atom stereocenters. The highest BCUT2D eigenvalue weighted by Crippen LogP contribution is 2.45. The molecule has 0 aliphatic heterocycles. The number of allylic oxidation sites excluding steroid dienone is 1. The summed E-state index contributed by atoms with van der Waals surface area (Å²) < 4.78 is 0. The lowest BCUT2D eigenvalue weighted by molar-refractivity contribution is -0.147. The number of carboxylic acids is 2. The molecule has 0 spiro atoms. The van der Waals surface area contributed by atoms with Crippen molar-refractivity contribution in [2.24, 2.45) is 33.9 Å². The topological polar surface area (TPSA) is 158 Å². The van der Waals surface area contributed by atoms with Crippen molar-refractivity contribution in [2.75, 3.05) is 5.32 Å². The summed E-state index contributed by atoms with van der Waals surface area (Å²) in [6, 6.07) is 14.3. The molecule has 0 saturated heterocycles. The largest absolute Gasteiger partial charge is 0.481 e. The third kappa shape index (κ3) is 8.15. The van der Waals surface area contributed by atoms with Crippen molar-refractivity contribution in [2.45, 2.75) is 71.3 Å². The minimum Gasteiger partial charge on any atom is -0.481 e. The molecule has 1 aliphatic carbocycles. The standard InChI is InChI=1S/C33H42N4O6/c1-7-32(4,5)35-29(40)25-18-26(31(42)43)28(24(25)19-27(38)39)30(41)34-21-14-16-23(17-15-21)37-36-22-12-10-20(11-13-22)33(6,8-2)9-3/h8,10-17,24-26,28H,2,7,9,18-19H2,1,3-6H3,(H,34,41)(H,35,40)(H,38,39)(H,42,43). The molecule has 2 aromatic carbocycles. The van der Waals surface area contributed by atoms with Crippen LogP contribution in [0.5, 0.6) is 0 Å². The predicted octanol–water partition coefficient (Wildman–Crippen LogP) is 6.63. The van der Waals surface area contributed by atoms with E-state index in [1.807, 2.05) is 51.1 Å². The first-order chi connectivity index (χ1) is 20.2. The normalized spacial score (nSPS) is 21.6. The van der Waals surface area contributed by atoms with Crippen LogP contribution in [0.15, 0.2) is 71.4 Å². The van der Waals surface area contributed by atoms with Crippen LogP contribution < -0.4 is 10.6 Å². The Hall–Kier alpha value is -4.34. The molecule has 10 heteroatoms. The Kier molecular flexibility index (Phi) is 10.6. The zero-order valence-corrected chi connectivity index (χ0v) is 25.5. The number of carboxylic acid groups (broad SMARTS) is 2. The lowest BCUT2D eigenvalue weighted by atomic mass is 9.80. The lowest BCUT2D eigenvalue weighted by Gasteiger charge is -2.29. The number of nitrogens with one attached hydrogen (secondary N) is 2. The molecule has 230 valence electrons. The number of nitrogens with zero attached hydrogens (tertiary/aromatic N) is 2. The fraction of sp³-hybridized carbons (Fsp3) is 0.455. The minimum atomic E-state index is -1.24. The van der Waals surface area contributed by atoms with E-state index < -0.39 is 59.4 Å². The summed E-state index contributed by atoms with van der Waals surface area (Å²) in [6.45, 7) is 13.7. The molecule has 3 rings (SSSR count). The van der Waals surface area contributed by atoms with Crippen LogP contribution in [0.1, 0.15) is 65.9 Å². The molecule has 10 nitrogen and oxygen atoms in total.